The number of carbonyl (C=O) groups excluding carboxylic acids is 1. The molecule has 138 valence electrons. The number of carboxylic acids is 1. The summed E-state index contributed by atoms with van der Waals surface area (Å²) < 4.78 is 13.4. The summed E-state index contributed by atoms with van der Waals surface area (Å²) in [5, 5.41) is 11.9. The molecular formula is C17H23ClFN3O3. The Morgan fingerprint density at radius 3 is 2.64 bits per heavy atom. The number of likely N-dealkylation sites (N-methyl/N-ethyl adjacent to an activating group) is 1. The predicted molar refractivity (Wildman–Crippen MR) is 93.1 cm³/mol. The lowest BCUT2D eigenvalue weighted by Crippen LogP contribution is -2.56. The van der Waals surface area contributed by atoms with Gasteiger partial charge in [-0.15, -0.1) is 0 Å². The van der Waals surface area contributed by atoms with E-state index in [4.69, 9.17) is 16.7 Å². The Bertz CT molecular complexity index is 638. The van der Waals surface area contributed by atoms with Crippen LogP contribution in [0.2, 0.25) is 5.02 Å². The fourth-order valence-corrected chi connectivity index (χ4v) is 3.06. The molecule has 0 aliphatic heterocycles. The molecule has 1 aliphatic carbocycles. The Morgan fingerprint density at radius 2 is 2.08 bits per heavy atom. The maximum Gasteiger partial charge on any atom is 0.317 e. The Hall–Kier alpha value is -1.86. The number of benzene rings is 1. The van der Waals surface area contributed by atoms with Gasteiger partial charge in [0.2, 0.25) is 0 Å². The molecule has 2 amide bonds. The zero-order valence-corrected chi connectivity index (χ0v) is 15.1. The van der Waals surface area contributed by atoms with Crippen molar-refractivity contribution in [3.05, 3.63) is 34.6 Å². The van der Waals surface area contributed by atoms with Gasteiger partial charge in [0.1, 0.15) is 5.82 Å². The first-order chi connectivity index (χ1) is 11.8. The predicted octanol–water partition coefficient (Wildman–Crippen LogP) is 2.56. The summed E-state index contributed by atoms with van der Waals surface area (Å²) in [7, 11) is 1.64. The quantitative estimate of drug-likeness (QED) is 0.772. The van der Waals surface area contributed by atoms with Gasteiger partial charge in [-0.05, 0) is 37.1 Å². The van der Waals surface area contributed by atoms with E-state index < -0.39 is 11.8 Å². The molecule has 1 aromatic rings. The lowest BCUT2D eigenvalue weighted by atomic mass is 9.85. The summed E-state index contributed by atoms with van der Waals surface area (Å²) in [5.41, 5.74) is 0.657. The van der Waals surface area contributed by atoms with Gasteiger partial charge in [0, 0.05) is 25.7 Å². The highest BCUT2D eigenvalue weighted by atomic mass is 35.5. The average Bonchev–Trinajstić information content (AvgIpc) is 2.51. The van der Waals surface area contributed by atoms with Crippen LogP contribution in [0, 0.1) is 5.82 Å². The van der Waals surface area contributed by atoms with E-state index >= 15 is 0 Å². The van der Waals surface area contributed by atoms with E-state index in [0.29, 0.717) is 12.1 Å². The van der Waals surface area contributed by atoms with Gasteiger partial charge >= 0.3 is 12.0 Å². The summed E-state index contributed by atoms with van der Waals surface area (Å²) in [6.07, 6.45) is 1.46. The number of carboxylic acid groups (broad SMARTS) is 1. The SMILES string of the molecule is CCN(CC(=O)O)C1CC(NC(=O)N(C)Cc2ccc(Cl)c(F)c2)C1. The molecule has 0 saturated heterocycles. The number of urea groups is 1. The number of nitrogens with zero attached hydrogens (tertiary/aromatic N) is 2. The largest absolute Gasteiger partial charge is 0.480 e. The van der Waals surface area contributed by atoms with Crippen LogP contribution in [-0.4, -0.2) is 59.1 Å². The van der Waals surface area contributed by atoms with Gasteiger partial charge in [0.05, 0.1) is 11.6 Å². The number of aliphatic carboxylic acids is 1. The first-order valence-corrected chi connectivity index (χ1v) is 8.59. The molecule has 1 fully saturated rings. The second-order valence-corrected chi connectivity index (χ2v) is 6.74. The van der Waals surface area contributed by atoms with E-state index in [2.05, 4.69) is 5.32 Å². The van der Waals surface area contributed by atoms with Crippen molar-refractivity contribution in [3.63, 3.8) is 0 Å². The summed E-state index contributed by atoms with van der Waals surface area (Å²) in [6, 6.07) is 4.44. The van der Waals surface area contributed by atoms with E-state index in [1.165, 1.54) is 17.0 Å². The molecule has 1 aliphatic rings. The minimum Gasteiger partial charge on any atom is -0.480 e. The molecular weight excluding hydrogens is 349 g/mol. The van der Waals surface area contributed by atoms with Crippen LogP contribution in [0.1, 0.15) is 25.3 Å². The normalized spacial score (nSPS) is 19.4. The number of hydrogen-bond donors (Lipinski definition) is 2. The van der Waals surface area contributed by atoms with Gasteiger partial charge in [-0.25, -0.2) is 9.18 Å². The summed E-state index contributed by atoms with van der Waals surface area (Å²) in [6.45, 7) is 2.88. The number of carbonyl (C=O) groups is 2. The molecule has 25 heavy (non-hydrogen) atoms. The van der Waals surface area contributed by atoms with Crippen molar-refractivity contribution in [1.82, 2.24) is 15.1 Å². The summed E-state index contributed by atoms with van der Waals surface area (Å²) in [5.74, 6) is -1.35. The Morgan fingerprint density at radius 1 is 1.40 bits per heavy atom. The second kappa shape index (κ2) is 8.49. The molecule has 2 rings (SSSR count). The highest BCUT2D eigenvalue weighted by molar-refractivity contribution is 6.30. The molecule has 8 heteroatoms. The fourth-order valence-electron chi connectivity index (χ4n) is 2.95. The molecule has 0 spiro atoms. The fraction of sp³-hybridized carbons (Fsp3) is 0.529. The number of rotatable bonds is 7. The van der Waals surface area contributed by atoms with Gasteiger partial charge in [0.25, 0.3) is 0 Å². The van der Waals surface area contributed by atoms with Gasteiger partial charge in [0.15, 0.2) is 0 Å². The number of nitrogens with one attached hydrogen (secondary N) is 1. The third-order valence-corrected chi connectivity index (χ3v) is 4.76. The average molecular weight is 372 g/mol. The van der Waals surface area contributed by atoms with Gasteiger partial charge < -0.3 is 15.3 Å². The van der Waals surface area contributed by atoms with Crippen molar-refractivity contribution in [2.75, 3.05) is 20.1 Å². The molecule has 1 saturated carbocycles. The van der Waals surface area contributed by atoms with Crippen LogP contribution in [-0.2, 0) is 11.3 Å². The third kappa shape index (κ3) is 5.31. The van der Waals surface area contributed by atoms with E-state index in [1.54, 1.807) is 13.1 Å². The Kier molecular flexibility index (Phi) is 6.61. The first kappa shape index (κ1) is 19.5. The molecule has 0 heterocycles. The van der Waals surface area contributed by atoms with Crippen LogP contribution >= 0.6 is 11.6 Å². The first-order valence-electron chi connectivity index (χ1n) is 8.21. The molecule has 6 nitrogen and oxygen atoms in total. The van der Waals surface area contributed by atoms with E-state index in [-0.39, 0.29) is 36.2 Å². The second-order valence-electron chi connectivity index (χ2n) is 6.33. The van der Waals surface area contributed by atoms with Crippen molar-refractivity contribution in [2.45, 2.75) is 38.4 Å². The van der Waals surface area contributed by atoms with Crippen LogP contribution in [0.5, 0.6) is 0 Å². The zero-order chi connectivity index (χ0) is 18.6. The molecule has 0 radical (unpaired) electrons. The van der Waals surface area contributed by atoms with E-state index in [1.807, 2.05) is 11.8 Å². The zero-order valence-electron chi connectivity index (χ0n) is 14.3. The van der Waals surface area contributed by atoms with Gasteiger partial charge in [-0.2, -0.15) is 0 Å². The monoisotopic (exact) mass is 371 g/mol. The lowest BCUT2D eigenvalue weighted by Gasteiger charge is -2.42. The van der Waals surface area contributed by atoms with Crippen LogP contribution in [0.25, 0.3) is 0 Å². The minimum atomic E-state index is -0.843. The van der Waals surface area contributed by atoms with Crippen LogP contribution in [0.3, 0.4) is 0 Å². The summed E-state index contributed by atoms with van der Waals surface area (Å²) >= 11 is 5.65. The van der Waals surface area contributed by atoms with E-state index in [9.17, 15) is 14.0 Å². The number of amides is 2. The van der Waals surface area contributed by atoms with Crippen molar-refractivity contribution >= 4 is 23.6 Å². The lowest BCUT2D eigenvalue weighted by molar-refractivity contribution is -0.139. The minimum absolute atomic E-state index is 0.0177. The number of hydrogen-bond acceptors (Lipinski definition) is 3. The highest BCUT2D eigenvalue weighted by Gasteiger charge is 2.35. The number of halogens is 2. The standard InChI is InChI=1S/C17H23ClFN3O3/c1-3-22(10-16(23)24)13-7-12(8-13)20-17(25)21(2)9-11-4-5-14(18)15(19)6-11/h4-6,12-13H,3,7-10H2,1-2H3,(H,20,25)(H,23,24). The topological polar surface area (TPSA) is 72.9 Å². The maximum absolute atomic E-state index is 13.4. The van der Waals surface area contributed by atoms with Gasteiger partial charge in [-0.3, -0.25) is 9.69 Å². The van der Waals surface area contributed by atoms with Crippen LogP contribution in [0.4, 0.5) is 9.18 Å². The Labute approximate surface area is 151 Å². The van der Waals surface area contributed by atoms with Crippen LogP contribution < -0.4 is 5.32 Å². The molecule has 2 N–H and O–H groups in total. The van der Waals surface area contributed by atoms with Crippen molar-refractivity contribution in [2.24, 2.45) is 0 Å². The van der Waals surface area contributed by atoms with Gasteiger partial charge in [-0.1, -0.05) is 24.6 Å². The highest BCUT2D eigenvalue weighted by Crippen LogP contribution is 2.25. The molecule has 0 atom stereocenters. The van der Waals surface area contributed by atoms with Crippen molar-refractivity contribution in [3.8, 4) is 0 Å². The molecule has 1 aromatic carbocycles. The van der Waals surface area contributed by atoms with Crippen molar-refractivity contribution < 1.29 is 19.1 Å². The van der Waals surface area contributed by atoms with E-state index in [0.717, 1.165) is 12.8 Å². The van der Waals surface area contributed by atoms with Crippen LogP contribution in [0.15, 0.2) is 18.2 Å². The Balaban J connectivity index is 1.78. The summed E-state index contributed by atoms with van der Waals surface area (Å²) in [4.78, 5) is 26.4. The maximum atomic E-state index is 13.4. The van der Waals surface area contributed by atoms with Crippen molar-refractivity contribution in [1.29, 1.82) is 0 Å². The molecule has 0 unspecified atom stereocenters. The smallest absolute Gasteiger partial charge is 0.317 e. The third-order valence-electron chi connectivity index (χ3n) is 4.45. The molecule has 0 bridgehead atoms. The molecule has 0 aromatic heterocycles.